The standard InChI is InChI=1S/C27H44N2O9/c1-36-25(33)16-14-12-10-8-6-4-3-5-7-9-11-13-15-22(30)28-21(27(35)37-2)17-20-26(34)38-29-23(31)18-19-24(29)32/h21H,3-20H2,1-2H3,(H,28,30)/t21-/m0/s1. The fourth-order valence-electron chi connectivity index (χ4n) is 4.15. The molecule has 1 atom stereocenters. The molecule has 1 aliphatic heterocycles. The molecule has 0 spiro atoms. The lowest BCUT2D eigenvalue weighted by Gasteiger charge is -2.17. The lowest BCUT2D eigenvalue weighted by molar-refractivity contribution is -0.197. The third-order valence-corrected chi connectivity index (χ3v) is 6.42. The van der Waals surface area contributed by atoms with Crippen LogP contribution in [0.3, 0.4) is 0 Å². The lowest BCUT2D eigenvalue weighted by atomic mass is 10.0. The molecule has 1 heterocycles. The number of nitrogens with one attached hydrogen (secondary N) is 1. The zero-order valence-electron chi connectivity index (χ0n) is 22.9. The Hall–Kier alpha value is -2.98. The molecule has 216 valence electrons. The number of ether oxygens (including phenoxy) is 2. The molecular weight excluding hydrogens is 496 g/mol. The molecule has 3 amide bonds. The number of carbonyl (C=O) groups excluding carboxylic acids is 6. The first-order valence-corrected chi connectivity index (χ1v) is 13.8. The van der Waals surface area contributed by atoms with E-state index in [1.165, 1.54) is 46.3 Å². The zero-order chi connectivity index (χ0) is 28.2. The first-order chi connectivity index (χ1) is 18.3. The topological polar surface area (TPSA) is 145 Å². The number of carbonyl (C=O) groups is 6. The van der Waals surface area contributed by atoms with Gasteiger partial charge in [0, 0.05) is 25.7 Å². The molecule has 0 aliphatic carbocycles. The second-order valence-corrected chi connectivity index (χ2v) is 9.55. The smallest absolute Gasteiger partial charge is 0.333 e. The summed E-state index contributed by atoms with van der Waals surface area (Å²) < 4.78 is 9.34. The van der Waals surface area contributed by atoms with Crippen molar-refractivity contribution in [3.05, 3.63) is 0 Å². The molecule has 11 heteroatoms. The van der Waals surface area contributed by atoms with Crippen molar-refractivity contribution in [3.63, 3.8) is 0 Å². The average molecular weight is 541 g/mol. The van der Waals surface area contributed by atoms with Gasteiger partial charge in [0.25, 0.3) is 11.8 Å². The van der Waals surface area contributed by atoms with Crippen LogP contribution in [-0.4, -0.2) is 61.0 Å². The average Bonchev–Trinajstić information content (AvgIpc) is 3.22. The third-order valence-electron chi connectivity index (χ3n) is 6.42. The minimum absolute atomic E-state index is 0.00515. The van der Waals surface area contributed by atoms with Gasteiger partial charge in [-0.15, -0.1) is 5.06 Å². The summed E-state index contributed by atoms with van der Waals surface area (Å²) >= 11 is 0. The van der Waals surface area contributed by atoms with Gasteiger partial charge < -0.3 is 19.6 Å². The van der Waals surface area contributed by atoms with E-state index in [0.29, 0.717) is 17.9 Å². The number of unbranched alkanes of at least 4 members (excludes halogenated alkanes) is 11. The Morgan fingerprint density at radius 1 is 0.684 bits per heavy atom. The van der Waals surface area contributed by atoms with E-state index in [0.717, 1.165) is 38.5 Å². The molecule has 1 N–H and O–H groups in total. The van der Waals surface area contributed by atoms with Crippen LogP contribution in [0.15, 0.2) is 0 Å². The number of hydrogen-bond donors (Lipinski definition) is 1. The quantitative estimate of drug-likeness (QED) is 0.131. The molecule has 1 saturated heterocycles. The van der Waals surface area contributed by atoms with Crippen molar-refractivity contribution in [2.24, 2.45) is 0 Å². The second kappa shape index (κ2) is 20.0. The van der Waals surface area contributed by atoms with Crippen molar-refractivity contribution in [1.82, 2.24) is 10.4 Å². The minimum atomic E-state index is -1.02. The van der Waals surface area contributed by atoms with Gasteiger partial charge in [0.2, 0.25) is 5.91 Å². The molecule has 0 saturated carbocycles. The van der Waals surface area contributed by atoms with E-state index in [1.807, 2.05) is 0 Å². The van der Waals surface area contributed by atoms with Crippen LogP contribution in [0.1, 0.15) is 116 Å². The molecule has 0 aromatic rings. The van der Waals surface area contributed by atoms with E-state index < -0.39 is 29.8 Å². The minimum Gasteiger partial charge on any atom is -0.469 e. The van der Waals surface area contributed by atoms with E-state index in [2.05, 4.69) is 10.1 Å². The van der Waals surface area contributed by atoms with Crippen LogP contribution in [0, 0.1) is 0 Å². The van der Waals surface area contributed by atoms with Gasteiger partial charge >= 0.3 is 17.9 Å². The Labute approximate surface area is 225 Å². The summed E-state index contributed by atoms with van der Waals surface area (Å²) in [6, 6.07) is -1.02. The van der Waals surface area contributed by atoms with Crippen LogP contribution >= 0.6 is 0 Å². The lowest BCUT2D eigenvalue weighted by Crippen LogP contribution is -2.42. The molecular formula is C27H44N2O9. The largest absolute Gasteiger partial charge is 0.469 e. The molecule has 38 heavy (non-hydrogen) atoms. The van der Waals surface area contributed by atoms with Gasteiger partial charge in [-0.25, -0.2) is 9.59 Å². The van der Waals surface area contributed by atoms with Gasteiger partial charge in [-0.05, 0) is 19.3 Å². The molecule has 0 bridgehead atoms. The van der Waals surface area contributed by atoms with Gasteiger partial charge in [-0.1, -0.05) is 64.2 Å². The molecule has 0 radical (unpaired) electrons. The van der Waals surface area contributed by atoms with Crippen molar-refractivity contribution < 1.29 is 43.1 Å². The highest BCUT2D eigenvalue weighted by molar-refractivity contribution is 6.01. The van der Waals surface area contributed by atoms with E-state index in [1.54, 1.807) is 0 Å². The highest BCUT2D eigenvalue weighted by atomic mass is 16.7. The fourth-order valence-corrected chi connectivity index (χ4v) is 4.15. The van der Waals surface area contributed by atoms with Crippen LogP contribution in [0.2, 0.25) is 0 Å². The zero-order valence-corrected chi connectivity index (χ0v) is 22.9. The van der Waals surface area contributed by atoms with Gasteiger partial charge in [-0.3, -0.25) is 19.2 Å². The normalized spacial score (nSPS) is 13.8. The Balaban J connectivity index is 2.08. The Morgan fingerprint density at radius 3 is 1.63 bits per heavy atom. The Bertz CT molecular complexity index is 769. The van der Waals surface area contributed by atoms with Crippen LogP contribution < -0.4 is 5.32 Å². The van der Waals surface area contributed by atoms with Gasteiger partial charge in [0.15, 0.2) is 0 Å². The summed E-state index contributed by atoms with van der Waals surface area (Å²) in [6.07, 6.45) is 13.3. The summed E-state index contributed by atoms with van der Waals surface area (Å²) in [5.41, 5.74) is 0. The summed E-state index contributed by atoms with van der Waals surface area (Å²) in [7, 11) is 2.61. The molecule has 1 rings (SSSR count). The van der Waals surface area contributed by atoms with E-state index >= 15 is 0 Å². The number of nitrogens with zero attached hydrogens (tertiary/aromatic N) is 1. The number of esters is 2. The number of rotatable bonds is 21. The molecule has 0 aromatic heterocycles. The van der Waals surface area contributed by atoms with Crippen LogP contribution in [0.25, 0.3) is 0 Å². The number of methoxy groups -OCH3 is 2. The number of hydroxylamine groups is 2. The Kier molecular flexibility index (Phi) is 17.4. The molecule has 0 aromatic carbocycles. The van der Waals surface area contributed by atoms with Gasteiger partial charge in [-0.2, -0.15) is 0 Å². The van der Waals surface area contributed by atoms with E-state index in [-0.39, 0.29) is 44.0 Å². The SMILES string of the molecule is COC(=O)CCCCCCCCCCCCCCC(=O)N[C@@H](CCC(=O)ON1C(=O)CCC1=O)C(=O)OC. The monoisotopic (exact) mass is 540 g/mol. The van der Waals surface area contributed by atoms with E-state index in [9.17, 15) is 28.8 Å². The third kappa shape index (κ3) is 14.7. The summed E-state index contributed by atoms with van der Waals surface area (Å²) in [6.45, 7) is 0. The van der Waals surface area contributed by atoms with Crippen molar-refractivity contribution in [2.45, 2.75) is 122 Å². The van der Waals surface area contributed by atoms with Gasteiger partial charge in [0.05, 0.1) is 20.6 Å². The molecule has 1 fully saturated rings. The molecule has 11 nitrogen and oxygen atoms in total. The summed E-state index contributed by atoms with van der Waals surface area (Å²) in [5, 5.41) is 3.04. The first-order valence-electron chi connectivity index (χ1n) is 13.8. The van der Waals surface area contributed by atoms with Crippen LogP contribution in [0.4, 0.5) is 0 Å². The number of hydrogen-bond acceptors (Lipinski definition) is 9. The van der Waals surface area contributed by atoms with E-state index in [4.69, 9.17) is 9.57 Å². The number of amides is 3. The van der Waals surface area contributed by atoms with Crippen molar-refractivity contribution in [2.75, 3.05) is 14.2 Å². The van der Waals surface area contributed by atoms with Crippen LogP contribution in [0.5, 0.6) is 0 Å². The van der Waals surface area contributed by atoms with Crippen LogP contribution in [-0.2, 0) is 43.1 Å². The molecule has 1 aliphatic rings. The predicted molar refractivity (Wildman–Crippen MR) is 137 cm³/mol. The van der Waals surface area contributed by atoms with Gasteiger partial charge in [0.1, 0.15) is 6.04 Å². The molecule has 0 unspecified atom stereocenters. The highest BCUT2D eigenvalue weighted by Gasteiger charge is 2.33. The van der Waals surface area contributed by atoms with Crippen molar-refractivity contribution in [3.8, 4) is 0 Å². The second-order valence-electron chi connectivity index (χ2n) is 9.55. The number of imide groups is 1. The fraction of sp³-hybridized carbons (Fsp3) is 0.778. The predicted octanol–water partition coefficient (Wildman–Crippen LogP) is 3.67. The maximum Gasteiger partial charge on any atom is 0.333 e. The van der Waals surface area contributed by atoms with Crippen molar-refractivity contribution in [1.29, 1.82) is 0 Å². The first kappa shape index (κ1) is 33.0. The highest BCUT2D eigenvalue weighted by Crippen LogP contribution is 2.15. The summed E-state index contributed by atoms with van der Waals surface area (Å²) in [4.78, 5) is 75.2. The Morgan fingerprint density at radius 2 is 1.16 bits per heavy atom. The summed E-state index contributed by atoms with van der Waals surface area (Å²) in [5.74, 6) is -3.12. The maximum absolute atomic E-state index is 12.3. The maximum atomic E-state index is 12.3. The van der Waals surface area contributed by atoms with Crippen molar-refractivity contribution >= 4 is 35.6 Å².